The molecule has 3 saturated heterocycles. The number of benzene rings is 1. The summed E-state index contributed by atoms with van der Waals surface area (Å²) in [4.78, 5) is 139. The number of phosphoric ester groups is 1. The molecule has 37 heteroatoms. The van der Waals surface area contributed by atoms with Gasteiger partial charge in [-0.25, -0.2) is 19.9 Å². The smallest absolute Gasteiger partial charge is 0.268 e. The molecule has 19 N–H and O–H groups in total. The average molecular weight is 1550 g/mol. The third-order valence-corrected chi connectivity index (χ3v) is 23.9. The van der Waals surface area contributed by atoms with Gasteiger partial charge in [0.2, 0.25) is 41.4 Å². The van der Waals surface area contributed by atoms with Crippen molar-refractivity contribution in [2.45, 2.75) is 200 Å². The second-order valence-electron chi connectivity index (χ2n) is 30.2. The Balaban J connectivity index is 0.000000601. The van der Waals surface area contributed by atoms with Crippen molar-refractivity contribution in [2.75, 3.05) is 18.9 Å². The summed E-state index contributed by atoms with van der Waals surface area (Å²) in [6.45, 7) is 18.7. The van der Waals surface area contributed by atoms with Gasteiger partial charge in [0.1, 0.15) is 36.3 Å². The Kier molecular flexibility index (Phi) is 24.6. The monoisotopic (exact) mass is 1550 g/mol. The first-order valence-electron chi connectivity index (χ1n) is 35.0. The van der Waals surface area contributed by atoms with Crippen LogP contribution >= 0.6 is 7.82 Å². The fourth-order valence-electron chi connectivity index (χ4n) is 17.0. The quantitative estimate of drug-likeness (QED) is 0.0298. The standard InChI is InChI=1S/C60H86N13O14P.C10H12N5O3.Co/c1-29(86-88(83,84)87-51-39(27-74)85-55(50(51)82)73-28-68-36-12-10-11-13-38(36)73)26-67-47(81)20-21-57(6)35(22-44(64)78)54-60(9)59(8,25-46(66)80)34(16-19-43(63)77)49(72-60)31(3)53-58(7,24-45(65)79)32(14-17-41(61)75)37(69-53)23-40-56(4,5)33(15-18-42(62)76)48(70-40)30(2)52(57)71-54;1-4-6(16)7(17)10(18-4)15-3-14-5-8(11)12-2-13-9(5)15;/h10-13,23,28-29,32-35,39,50-51,54-55,74,82H,14-22,24-27H2,1-9H3,(H15,61,62,63,64,65,66,67,69,70,71,72,75,76,77,78,79,80,81,83,84);2-4,6-7,10,16-17H,1H2,(H2,11,12,13);/q;-1;/p-2/t29-,32-,33-,34-,35+,39-,50-,51-,54-,55+,57-,58+,59+,60+;4-,6-,7-,10-;/m11./s1. The summed E-state index contributed by atoms with van der Waals surface area (Å²) in [6.07, 6.45) is -5.68. The Morgan fingerprint density at radius 2 is 1.36 bits per heavy atom. The van der Waals surface area contributed by atoms with Crippen molar-refractivity contribution in [3.63, 3.8) is 0 Å². The maximum atomic E-state index is 14.3. The number of anilines is 1. The normalized spacial score (nSPS) is 34.0. The molecule has 35 nitrogen and oxygen atoms in total. The van der Waals surface area contributed by atoms with E-state index in [0.717, 1.165) is 0 Å². The van der Waals surface area contributed by atoms with Crippen LogP contribution in [0.5, 0.6) is 0 Å². The van der Waals surface area contributed by atoms with Crippen LogP contribution in [0, 0.1) is 52.3 Å². The van der Waals surface area contributed by atoms with Gasteiger partial charge >= 0.3 is 0 Å². The van der Waals surface area contributed by atoms with Crippen molar-refractivity contribution in [1.82, 2.24) is 34.4 Å². The van der Waals surface area contributed by atoms with Crippen molar-refractivity contribution in [1.29, 1.82) is 0 Å². The minimum absolute atomic E-state index is 0. The molecule has 7 aliphatic heterocycles. The molecule has 1 aromatic carbocycles. The van der Waals surface area contributed by atoms with Crippen LogP contribution in [0.2, 0.25) is 0 Å². The van der Waals surface area contributed by atoms with Gasteiger partial charge in [-0.2, -0.15) is 5.70 Å². The number of ether oxygens (including phenoxy) is 2. The predicted octanol–water partition coefficient (Wildman–Crippen LogP) is 1.56. The molecule has 7 aliphatic rings. The van der Waals surface area contributed by atoms with Gasteiger partial charge in [0.25, 0.3) is 7.82 Å². The third-order valence-electron chi connectivity index (χ3n) is 22.8. The van der Waals surface area contributed by atoms with Gasteiger partial charge in [-0.05, 0) is 100 Å². The third kappa shape index (κ3) is 16.0. The van der Waals surface area contributed by atoms with Gasteiger partial charge in [0.15, 0.2) is 23.9 Å². The largest absolute Gasteiger partial charge is 0.756 e. The van der Waals surface area contributed by atoms with Crippen LogP contribution in [0.15, 0.2) is 92.5 Å². The number of nitrogens with zero attached hydrogens (tertiary/aromatic N) is 10. The van der Waals surface area contributed by atoms with Gasteiger partial charge in [-0.3, -0.25) is 57.7 Å². The van der Waals surface area contributed by atoms with Gasteiger partial charge in [0.05, 0.1) is 53.7 Å². The zero-order chi connectivity index (χ0) is 77.8. The van der Waals surface area contributed by atoms with E-state index in [1.165, 1.54) is 35.0 Å². The van der Waals surface area contributed by atoms with E-state index in [9.17, 15) is 63.4 Å². The predicted molar refractivity (Wildman–Crippen MR) is 383 cm³/mol. The molecule has 7 amide bonds. The van der Waals surface area contributed by atoms with Gasteiger partial charge < -0.3 is 106 Å². The molecule has 11 rings (SSSR count). The van der Waals surface area contributed by atoms with Crippen molar-refractivity contribution >= 4 is 94.3 Å². The molecule has 107 heavy (non-hydrogen) atoms. The molecular weight excluding hydrogens is 1450 g/mol. The van der Waals surface area contributed by atoms with E-state index in [1.807, 2.05) is 47.6 Å². The van der Waals surface area contributed by atoms with Crippen molar-refractivity contribution in [3.8, 4) is 0 Å². The van der Waals surface area contributed by atoms with E-state index in [4.69, 9.17) is 79.0 Å². The van der Waals surface area contributed by atoms with Gasteiger partial charge in [-0.15, -0.1) is 0 Å². The number of hydrogen-bond acceptors (Lipinski definition) is 25. The second kappa shape index (κ2) is 31.7. The van der Waals surface area contributed by atoms with Gasteiger partial charge in [-0.1, -0.05) is 52.8 Å². The number of primary amides is 6. The number of rotatable bonds is 27. The molecule has 0 spiro atoms. The summed E-state index contributed by atoms with van der Waals surface area (Å²) < 4.78 is 38.5. The molecule has 19 atom stereocenters. The molecule has 1 radical (unpaired) electrons. The van der Waals surface area contributed by atoms with Crippen LogP contribution < -0.4 is 50.3 Å². The van der Waals surface area contributed by atoms with Gasteiger partial charge in [0, 0.05) is 125 Å². The number of allylic oxidation sites excluding steroid dienone is 6. The summed E-state index contributed by atoms with van der Waals surface area (Å²) in [5, 5.41) is 49.4. The van der Waals surface area contributed by atoms with Crippen LogP contribution in [-0.2, 0) is 73.4 Å². The number of para-hydroxylation sites is 2. The van der Waals surface area contributed by atoms with E-state index in [2.05, 4.69) is 32.2 Å². The minimum Gasteiger partial charge on any atom is -0.756 e. The molecule has 10 heterocycles. The number of amides is 7. The first-order valence-corrected chi connectivity index (χ1v) is 36.5. The number of fused-ring (bicyclic) bond motifs is 8. The Morgan fingerprint density at radius 1 is 0.748 bits per heavy atom. The maximum absolute atomic E-state index is 14.3. The number of imidazole rings is 2. The molecular formula is C70H96CoN18O17P-3. The van der Waals surface area contributed by atoms with Crippen molar-refractivity contribution < 1.29 is 98.7 Å². The average Bonchev–Trinajstić information content (AvgIpc) is 1.53. The van der Waals surface area contributed by atoms with E-state index < -0.39 is 168 Å². The van der Waals surface area contributed by atoms with Crippen molar-refractivity contribution in [3.05, 3.63) is 89.8 Å². The molecule has 4 aromatic rings. The van der Waals surface area contributed by atoms with Crippen LogP contribution in [0.3, 0.4) is 0 Å². The van der Waals surface area contributed by atoms with Crippen LogP contribution in [0.25, 0.3) is 27.5 Å². The summed E-state index contributed by atoms with van der Waals surface area (Å²) >= 11 is 0. The Bertz CT molecular complexity index is 4410. The van der Waals surface area contributed by atoms with Crippen LogP contribution in [-0.4, -0.2) is 175 Å². The summed E-state index contributed by atoms with van der Waals surface area (Å²) in [7, 11) is -5.30. The number of hydrogen-bond donors (Lipinski definition) is 12. The van der Waals surface area contributed by atoms with Crippen LogP contribution in [0.4, 0.5) is 5.82 Å². The molecule has 8 bridgehead atoms. The number of nitrogens with one attached hydrogen (secondary N) is 1. The second-order valence-corrected chi connectivity index (χ2v) is 31.5. The molecule has 3 fully saturated rings. The SMILES string of the molecule is C/C1=C2/[N-][C@H]([C@H](CC(N)=O)[C@@]2(C)CCC(=O)NC[C@@H](C)OP(=O)([O-])O[C@H]2[C@@H](O)[C@@H](n3cnc4ccccc43)O[C@@H]2CO)[C@]2(C)N=C(/C(C)=C3N=C(/C=C4N=C1[C@@H](CCC(N)=O)C\4(C)C)[C@@H](CCC(N)=O)[C@]\3(C)CC(N)=O)[C@@H](CCC(N)=O)[C@]2(C)CC(N)=O.[CH2-][C@H]1O[C@@H](n2cnc3c(N)ncnc32)[C@H](O)[C@@H]1O.[Co]. The number of aliphatic imine (C=N–C) groups is 3. The molecule has 3 aromatic heterocycles. The summed E-state index contributed by atoms with van der Waals surface area (Å²) in [6, 6.07) is 5.94. The van der Waals surface area contributed by atoms with E-state index >= 15 is 0 Å². The number of aliphatic hydroxyl groups excluding tert-OH is 4. The Morgan fingerprint density at radius 3 is 1.97 bits per heavy atom. The van der Waals surface area contributed by atoms with E-state index in [0.29, 0.717) is 67.6 Å². The molecule has 0 saturated carbocycles. The number of aliphatic hydroxyl groups is 4. The zero-order valence-electron chi connectivity index (χ0n) is 61.0. The summed E-state index contributed by atoms with van der Waals surface area (Å²) in [5.74, 6) is -7.15. The number of nitrogens with two attached hydrogens (primary N) is 7. The van der Waals surface area contributed by atoms with E-state index in [-0.39, 0.29) is 99.8 Å². The Labute approximate surface area is 627 Å². The number of carbonyl (C=O) groups excluding carboxylic acids is 7. The zero-order valence-corrected chi connectivity index (χ0v) is 62.9. The first kappa shape index (κ1) is 82.8. The maximum Gasteiger partial charge on any atom is 0.268 e. The molecule has 1 unspecified atom stereocenters. The summed E-state index contributed by atoms with van der Waals surface area (Å²) in [5.41, 5.74) is 41.2. The number of carbonyl (C=O) groups is 7. The molecule has 585 valence electrons. The van der Waals surface area contributed by atoms with Crippen LogP contribution in [0.1, 0.15) is 145 Å². The Hall–Kier alpha value is -8.26. The minimum atomic E-state index is -5.30. The van der Waals surface area contributed by atoms with E-state index in [1.54, 1.807) is 38.1 Å². The molecule has 0 aliphatic carbocycles. The fourth-order valence-corrected chi connectivity index (χ4v) is 18.2. The first-order chi connectivity index (χ1) is 49.6. The van der Waals surface area contributed by atoms with Crippen molar-refractivity contribution in [2.24, 2.45) is 94.7 Å². The topological polar surface area (TPSA) is 584 Å². The number of nitrogen functional groups attached to an aromatic ring is 1. The fraction of sp³-hybridized carbons (Fsp3) is 0.586. The number of phosphoric acid groups is 1. The number of aromatic nitrogens is 6.